The Morgan fingerprint density at radius 2 is 2.53 bits per heavy atom. The highest BCUT2D eigenvalue weighted by molar-refractivity contribution is 7.13. The quantitative estimate of drug-likeness (QED) is 0.774. The van der Waals surface area contributed by atoms with Gasteiger partial charge in [0, 0.05) is 24.5 Å². The van der Waals surface area contributed by atoms with Gasteiger partial charge in [0.25, 0.3) is 0 Å². The molecule has 2 heterocycles. The Bertz CT molecular complexity index is 353. The lowest BCUT2D eigenvalue weighted by molar-refractivity contribution is -0.126. The van der Waals surface area contributed by atoms with E-state index in [4.69, 9.17) is 0 Å². The van der Waals surface area contributed by atoms with Crippen LogP contribution in [0.25, 0.3) is 0 Å². The minimum Gasteiger partial charge on any atom is -0.355 e. The van der Waals surface area contributed by atoms with E-state index in [-0.39, 0.29) is 17.7 Å². The molecule has 1 aromatic rings. The number of piperidine rings is 1. The Morgan fingerprint density at radius 1 is 1.67 bits per heavy atom. The molecule has 1 fully saturated rings. The van der Waals surface area contributed by atoms with Crippen LogP contribution in [0, 0.1) is 5.92 Å². The summed E-state index contributed by atoms with van der Waals surface area (Å²) in [4.78, 5) is 26.5. The average molecular weight is 225 g/mol. The Balaban J connectivity index is 1.89. The van der Waals surface area contributed by atoms with Crippen LogP contribution in [0.5, 0.6) is 0 Å². The van der Waals surface area contributed by atoms with Crippen LogP contribution in [-0.4, -0.2) is 23.3 Å². The van der Waals surface area contributed by atoms with Crippen LogP contribution in [0.15, 0.2) is 11.6 Å². The lowest BCUT2D eigenvalue weighted by Gasteiger charge is -2.20. The van der Waals surface area contributed by atoms with Crippen molar-refractivity contribution in [2.24, 2.45) is 5.92 Å². The van der Waals surface area contributed by atoms with Crippen molar-refractivity contribution in [3.63, 3.8) is 0 Å². The van der Waals surface area contributed by atoms with Crippen LogP contribution < -0.4 is 10.6 Å². The molecule has 1 aliphatic rings. The number of nitrogens with zero attached hydrogens (tertiary/aromatic N) is 1. The van der Waals surface area contributed by atoms with Gasteiger partial charge in [0.15, 0.2) is 5.13 Å². The summed E-state index contributed by atoms with van der Waals surface area (Å²) in [5.74, 6) is -0.176. The highest BCUT2D eigenvalue weighted by Crippen LogP contribution is 2.16. The maximum atomic E-state index is 11.7. The molecule has 0 aliphatic carbocycles. The summed E-state index contributed by atoms with van der Waals surface area (Å²) in [6.07, 6.45) is 2.68. The van der Waals surface area contributed by atoms with Crippen molar-refractivity contribution in [3.8, 4) is 0 Å². The molecule has 2 N–H and O–H groups in total. The van der Waals surface area contributed by atoms with Crippen LogP contribution in [-0.2, 0) is 9.59 Å². The minimum absolute atomic E-state index is 0.0216. The number of amides is 2. The topological polar surface area (TPSA) is 71.1 Å². The highest BCUT2D eigenvalue weighted by atomic mass is 32.1. The molecule has 0 radical (unpaired) electrons. The summed E-state index contributed by atoms with van der Waals surface area (Å²) in [7, 11) is 0. The van der Waals surface area contributed by atoms with E-state index < -0.39 is 0 Å². The predicted molar refractivity (Wildman–Crippen MR) is 56.5 cm³/mol. The molecule has 0 unspecified atom stereocenters. The summed E-state index contributed by atoms with van der Waals surface area (Å²) in [6, 6.07) is 0. The molecule has 80 valence electrons. The number of nitrogens with one attached hydrogen (secondary N) is 2. The second kappa shape index (κ2) is 4.39. The standard InChI is InChI=1S/C9H11N3O2S/c13-7-2-1-6(5-11-7)8(14)12-9-10-3-4-15-9/h3-4,6H,1-2,5H2,(H,11,13)(H,10,12,14)/t6-/m0/s1. The largest absolute Gasteiger partial charge is 0.355 e. The van der Waals surface area contributed by atoms with E-state index >= 15 is 0 Å². The number of thiazole rings is 1. The van der Waals surface area contributed by atoms with Crippen LogP contribution in [0.1, 0.15) is 12.8 Å². The van der Waals surface area contributed by atoms with Crippen molar-refractivity contribution in [3.05, 3.63) is 11.6 Å². The van der Waals surface area contributed by atoms with Crippen LogP contribution in [0.4, 0.5) is 5.13 Å². The first-order chi connectivity index (χ1) is 7.25. The van der Waals surface area contributed by atoms with Crippen molar-refractivity contribution in [1.29, 1.82) is 0 Å². The molecule has 0 aromatic carbocycles. The van der Waals surface area contributed by atoms with Gasteiger partial charge in [-0.05, 0) is 6.42 Å². The molecular formula is C9H11N3O2S. The number of anilines is 1. The second-order valence-corrected chi connectivity index (χ2v) is 4.26. The number of hydrogen-bond acceptors (Lipinski definition) is 4. The maximum absolute atomic E-state index is 11.7. The van der Waals surface area contributed by atoms with Gasteiger partial charge in [-0.15, -0.1) is 11.3 Å². The number of rotatable bonds is 2. The van der Waals surface area contributed by atoms with Crippen LogP contribution in [0.3, 0.4) is 0 Å². The van der Waals surface area contributed by atoms with Gasteiger partial charge in [0.05, 0.1) is 5.92 Å². The van der Waals surface area contributed by atoms with Crippen LogP contribution >= 0.6 is 11.3 Å². The summed E-state index contributed by atoms with van der Waals surface area (Å²) >= 11 is 1.39. The first kappa shape index (κ1) is 10.1. The molecule has 0 bridgehead atoms. The fourth-order valence-corrected chi connectivity index (χ4v) is 1.98. The van der Waals surface area contributed by atoms with Crippen LogP contribution in [0.2, 0.25) is 0 Å². The number of hydrogen-bond donors (Lipinski definition) is 2. The van der Waals surface area contributed by atoms with E-state index in [1.165, 1.54) is 11.3 Å². The molecule has 2 rings (SSSR count). The van der Waals surface area contributed by atoms with E-state index in [2.05, 4.69) is 15.6 Å². The van der Waals surface area contributed by atoms with E-state index in [1.807, 2.05) is 0 Å². The Kier molecular flexibility index (Phi) is 2.96. The average Bonchev–Trinajstić information content (AvgIpc) is 2.71. The van der Waals surface area contributed by atoms with Gasteiger partial charge in [-0.25, -0.2) is 4.98 Å². The molecule has 6 heteroatoms. The zero-order chi connectivity index (χ0) is 10.7. The third-order valence-electron chi connectivity index (χ3n) is 2.30. The molecular weight excluding hydrogens is 214 g/mol. The second-order valence-electron chi connectivity index (χ2n) is 3.37. The van der Waals surface area contributed by atoms with Gasteiger partial charge in [-0.3, -0.25) is 9.59 Å². The van der Waals surface area contributed by atoms with Gasteiger partial charge >= 0.3 is 0 Å². The zero-order valence-corrected chi connectivity index (χ0v) is 8.84. The molecule has 2 amide bonds. The SMILES string of the molecule is O=C1CC[C@H](C(=O)Nc2nccs2)CN1. The van der Waals surface area contributed by atoms with Gasteiger partial charge in [-0.1, -0.05) is 0 Å². The lowest BCUT2D eigenvalue weighted by atomic mass is 9.98. The molecule has 1 saturated heterocycles. The van der Waals surface area contributed by atoms with Crippen molar-refractivity contribution in [2.45, 2.75) is 12.8 Å². The third kappa shape index (κ3) is 2.53. The molecule has 0 spiro atoms. The molecule has 5 nitrogen and oxygen atoms in total. The van der Waals surface area contributed by atoms with E-state index in [1.54, 1.807) is 11.6 Å². The normalized spacial score (nSPS) is 20.8. The first-order valence-corrected chi connectivity index (χ1v) is 5.61. The fourth-order valence-electron chi connectivity index (χ4n) is 1.45. The number of aromatic nitrogens is 1. The monoisotopic (exact) mass is 225 g/mol. The smallest absolute Gasteiger partial charge is 0.231 e. The Hall–Kier alpha value is -1.43. The Labute approximate surface area is 90.9 Å². The third-order valence-corrected chi connectivity index (χ3v) is 2.99. The predicted octanol–water partition coefficient (Wildman–Crippen LogP) is 0.608. The Morgan fingerprint density at radius 3 is 3.13 bits per heavy atom. The van der Waals surface area contributed by atoms with E-state index in [0.29, 0.717) is 24.5 Å². The van der Waals surface area contributed by atoms with E-state index in [9.17, 15) is 9.59 Å². The highest BCUT2D eigenvalue weighted by Gasteiger charge is 2.24. The van der Waals surface area contributed by atoms with Gasteiger partial charge in [0.1, 0.15) is 0 Å². The first-order valence-electron chi connectivity index (χ1n) is 4.73. The van der Waals surface area contributed by atoms with Crippen molar-refractivity contribution < 1.29 is 9.59 Å². The van der Waals surface area contributed by atoms with Gasteiger partial charge < -0.3 is 10.6 Å². The minimum atomic E-state index is -0.133. The van der Waals surface area contributed by atoms with E-state index in [0.717, 1.165) is 0 Å². The van der Waals surface area contributed by atoms with Gasteiger partial charge in [-0.2, -0.15) is 0 Å². The summed E-state index contributed by atoms with van der Waals surface area (Å²) < 4.78 is 0. The summed E-state index contributed by atoms with van der Waals surface area (Å²) in [5, 5.41) is 7.81. The molecule has 1 aliphatic heterocycles. The lowest BCUT2D eigenvalue weighted by Crippen LogP contribution is -2.40. The molecule has 1 atom stereocenters. The van der Waals surface area contributed by atoms with Crippen molar-refractivity contribution in [2.75, 3.05) is 11.9 Å². The zero-order valence-electron chi connectivity index (χ0n) is 8.03. The summed E-state index contributed by atoms with van der Waals surface area (Å²) in [5.41, 5.74) is 0. The number of carbonyl (C=O) groups is 2. The number of carbonyl (C=O) groups excluding carboxylic acids is 2. The summed E-state index contributed by atoms with van der Waals surface area (Å²) in [6.45, 7) is 0.427. The molecule has 1 aromatic heterocycles. The molecule has 15 heavy (non-hydrogen) atoms. The molecule has 0 saturated carbocycles. The maximum Gasteiger partial charge on any atom is 0.231 e. The fraction of sp³-hybridized carbons (Fsp3) is 0.444. The van der Waals surface area contributed by atoms with Crippen molar-refractivity contribution >= 4 is 28.3 Å². The van der Waals surface area contributed by atoms with Gasteiger partial charge in [0.2, 0.25) is 11.8 Å². The van der Waals surface area contributed by atoms with Crippen molar-refractivity contribution in [1.82, 2.24) is 10.3 Å².